The molecule has 17 heavy (non-hydrogen) atoms. The van der Waals surface area contributed by atoms with Crippen molar-refractivity contribution < 1.29 is 23.1 Å². The Balaban J connectivity index is 3.44. The fraction of sp³-hybridized carbons (Fsp3) is 0.364. The maximum Gasteiger partial charge on any atom is 0.304 e. The molecule has 0 bridgehead atoms. The fourth-order valence-electron chi connectivity index (χ4n) is 1.63. The maximum atomic E-state index is 13.7. The molecule has 0 aliphatic rings. The predicted molar refractivity (Wildman–Crippen MR) is 59.3 cm³/mol. The van der Waals surface area contributed by atoms with Crippen LogP contribution in [-0.4, -0.2) is 11.1 Å². The van der Waals surface area contributed by atoms with Gasteiger partial charge in [0.1, 0.15) is 5.82 Å². The summed E-state index contributed by atoms with van der Waals surface area (Å²) in [6.07, 6.45) is -0.503. The Labute approximate surface area is 105 Å². The Kier molecular flexibility index (Phi) is 3.86. The summed E-state index contributed by atoms with van der Waals surface area (Å²) in [6.45, 7) is 2.68. The predicted octanol–water partition coefficient (Wildman–Crippen LogP) is 3.62. The zero-order valence-electron chi connectivity index (χ0n) is 9.15. The van der Waals surface area contributed by atoms with E-state index in [0.717, 1.165) is 0 Å². The summed E-state index contributed by atoms with van der Waals surface area (Å²) >= 11 is 2.76. The normalized spacial score (nSPS) is 11.6. The summed E-state index contributed by atoms with van der Waals surface area (Å²) in [5, 5.41) is 8.68. The molecule has 0 amide bonds. The van der Waals surface area contributed by atoms with E-state index in [1.807, 2.05) is 0 Å². The lowest BCUT2D eigenvalue weighted by atomic mass is 9.81. The molecule has 0 aliphatic heterocycles. The molecule has 0 atom stereocenters. The number of carboxylic acid groups (broad SMARTS) is 1. The second-order valence-corrected chi connectivity index (χ2v) is 5.15. The van der Waals surface area contributed by atoms with Gasteiger partial charge in [0.15, 0.2) is 11.6 Å². The molecular formula is C11H10BrF3O2. The standard InChI is InChI=1S/C11H10BrF3O2/c1-11(2,4-7(16)17)8-9(14)5(12)3-6(13)10(8)15/h3H,4H2,1-2H3,(H,16,17). The fourth-order valence-corrected chi connectivity index (χ4v) is 2.03. The average molecular weight is 311 g/mol. The summed E-state index contributed by atoms with van der Waals surface area (Å²) < 4.78 is 40.2. The van der Waals surface area contributed by atoms with E-state index >= 15 is 0 Å². The first-order valence-electron chi connectivity index (χ1n) is 4.72. The minimum absolute atomic E-state index is 0.232. The number of carbonyl (C=O) groups is 1. The molecule has 0 fully saturated rings. The van der Waals surface area contributed by atoms with Gasteiger partial charge >= 0.3 is 5.97 Å². The molecule has 94 valence electrons. The molecule has 1 N–H and O–H groups in total. The number of benzene rings is 1. The van der Waals surface area contributed by atoms with Gasteiger partial charge in [0.05, 0.1) is 10.9 Å². The van der Waals surface area contributed by atoms with Gasteiger partial charge in [-0.25, -0.2) is 13.2 Å². The third-order valence-corrected chi connectivity index (χ3v) is 2.96. The molecule has 0 aromatic heterocycles. The molecule has 0 saturated carbocycles. The molecule has 0 aliphatic carbocycles. The summed E-state index contributed by atoms with van der Waals surface area (Å²) in [4.78, 5) is 10.6. The van der Waals surface area contributed by atoms with Gasteiger partial charge in [-0.3, -0.25) is 4.79 Å². The zero-order chi connectivity index (χ0) is 13.4. The van der Waals surface area contributed by atoms with Crippen LogP contribution in [0.5, 0.6) is 0 Å². The van der Waals surface area contributed by atoms with E-state index in [9.17, 15) is 18.0 Å². The molecule has 1 aromatic carbocycles. The number of hydrogen-bond acceptors (Lipinski definition) is 1. The lowest BCUT2D eigenvalue weighted by Crippen LogP contribution is -2.25. The number of carboxylic acids is 1. The van der Waals surface area contributed by atoms with E-state index < -0.39 is 40.8 Å². The van der Waals surface area contributed by atoms with E-state index in [-0.39, 0.29) is 4.47 Å². The molecule has 0 heterocycles. The van der Waals surface area contributed by atoms with E-state index in [2.05, 4.69) is 15.9 Å². The summed E-state index contributed by atoms with van der Waals surface area (Å²) in [5.74, 6) is -4.76. The first-order valence-corrected chi connectivity index (χ1v) is 5.51. The molecule has 2 nitrogen and oxygen atoms in total. The van der Waals surface area contributed by atoms with Gasteiger partial charge in [0, 0.05) is 11.0 Å². The minimum Gasteiger partial charge on any atom is -0.481 e. The average Bonchev–Trinajstić information content (AvgIpc) is 2.12. The molecule has 0 spiro atoms. The Hall–Kier alpha value is -1.04. The van der Waals surface area contributed by atoms with Crippen LogP contribution in [0.2, 0.25) is 0 Å². The van der Waals surface area contributed by atoms with Crippen LogP contribution in [0.25, 0.3) is 0 Å². The molecule has 1 rings (SSSR count). The monoisotopic (exact) mass is 310 g/mol. The van der Waals surface area contributed by atoms with E-state index in [1.165, 1.54) is 13.8 Å². The summed E-state index contributed by atoms with van der Waals surface area (Å²) in [6, 6.07) is 0.672. The molecule has 0 saturated heterocycles. The second kappa shape index (κ2) is 4.68. The van der Waals surface area contributed by atoms with Gasteiger partial charge in [-0.2, -0.15) is 0 Å². The van der Waals surface area contributed by atoms with Crippen molar-refractivity contribution in [2.75, 3.05) is 0 Å². The van der Waals surface area contributed by atoms with Crippen molar-refractivity contribution in [3.63, 3.8) is 0 Å². The lowest BCUT2D eigenvalue weighted by molar-refractivity contribution is -0.138. The van der Waals surface area contributed by atoms with Crippen LogP contribution in [0.1, 0.15) is 25.8 Å². The van der Waals surface area contributed by atoms with Crippen LogP contribution in [0, 0.1) is 17.5 Å². The van der Waals surface area contributed by atoms with Crippen molar-refractivity contribution in [3.8, 4) is 0 Å². The van der Waals surface area contributed by atoms with Crippen LogP contribution in [0.15, 0.2) is 10.5 Å². The zero-order valence-corrected chi connectivity index (χ0v) is 10.7. The van der Waals surface area contributed by atoms with E-state index in [4.69, 9.17) is 5.11 Å². The van der Waals surface area contributed by atoms with Crippen LogP contribution in [0.4, 0.5) is 13.2 Å². The van der Waals surface area contributed by atoms with E-state index in [0.29, 0.717) is 6.07 Å². The van der Waals surface area contributed by atoms with Crippen LogP contribution >= 0.6 is 15.9 Å². The highest BCUT2D eigenvalue weighted by molar-refractivity contribution is 9.10. The van der Waals surface area contributed by atoms with Gasteiger partial charge in [0.25, 0.3) is 0 Å². The highest BCUT2D eigenvalue weighted by Gasteiger charge is 2.33. The third-order valence-electron chi connectivity index (χ3n) is 2.38. The first-order chi connectivity index (χ1) is 7.66. The van der Waals surface area contributed by atoms with E-state index in [1.54, 1.807) is 0 Å². The Bertz CT molecular complexity index is 446. The molecule has 6 heteroatoms. The van der Waals surface area contributed by atoms with Gasteiger partial charge in [0.2, 0.25) is 0 Å². The van der Waals surface area contributed by atoms with Gasteiger partial charge in [-0.05, 0) is 22.0 Å². The van der Waals surface area contributed by atoms with Gasteiger partial charge in [-0.15, -0.1) is 0 Å². The second-order valence-electron chi connectivity index (χ2n) is 4.30. The highest BCUT2D eigenvalue weighted by atomic mass is 79.9. The maximum absolute atomic E-state index is 13.7. The van der Waals surface area contributed by atoms with Gasteiger partial charge in [-0.1, -0.05) is 13.8 Å². The Morgan fingerprint density at radius 2 is 1.88 bits per heavy atom. The molecular weight excluding hydrogens is 301 g/mol. The largest absolute Gasteiger partial charge is 0.481 e. The van der Waals surface area contributed by atoms with Crippen LogP contribution in [0.3, 0.4) is 0 Å². The summed E-state index contributed by atoms with van der Waals surface area (Å²) in [7, 11) is 0. The number of hydrogen-bond donors (Lipinski definition) is 1. The summed E-state index contributed by atoms with van der Waals surface area (Å²) in [5.41, 5.74) is -1.91. The smallest absolute Gasteiger partial charge is 0.304 e. The van der Waals surface area contributed by atoms with Gasteiger partial charge < -0.3 is 5.11 Å². The molecule has 0 unspecified atom stereocenters. The Morgan fingerprint density at radius 1 is 1.35 bits per heavy atom. The number of aliphatic carboxylic acids is 1. The van der Waals surface area contributed by atoms with Crippen molar-refractivity contribution in [2.45, 2.75) is 25.7 Å². The van der Waals surface area contributed by atoms with Crippen molar-refractivity contribution >= 4 is 21.9 Å². The lowest BCUT2D eigenvalue weighted by Gasteiger charge is -2.24. The number of halogens is 4. The third kappa shape index (κ3) is 2.80. The van der Waals surface area contributed by atoms with Crippen molar-refractivity contribution in [3.05, 3.63) is 33.6 Å². The van der Waals surface area contributed by atoms with Crippen LogP contribution in [-0.2, 0) is 10.2 Å². The van der Waals surface area contributed by atoms with Crippen molar-refractivity contribution in [2.24, 2.45) is 0 Å². The highest BCUT2D eigenvalue weighted by Crippen LogP contribution is 2.35. The van der Waals surface area contributed by atoms with Crippen molar-refractivity contribution in [1.82, 2.24) is 0 Å². The Morgan fingerprint density at radius 3 is 2.35 bits per heavy atom. The number of rotatable bonds is 3. The molecule has 0 radical (unpaired) electrons. The quantitative estimate of drug-likeness (QED) is 0.866. The SMILES string of the molecule is CC(C)(CC(=O)O)c1c(F)c(F)cc(Br)c1F. The van der Waals surface area contributed by atoms with Crippen molar-refractivity contribution in [1.29, 1.82) is 0 Å². The topological polar surface area (TPSA) is 37.3 Å². The molecule has 1 aromatic rings. The first kappa shape index (κ1) is 14.0. The van der Waals surface area contributed by atoms with Crippen LogP contribution < -0.4 is 0 Å². The minimum atomic E-state index is -1.35.